The predicted molar refractivity (Wildman–Crippen MR) is 105 cm³/mol. The topological polar surface area (TPSA) is 86.2 Å². The maximum atomic E-state index is 12.2. The zero-order chi connectivity index (χ0) is 18.8. The number of hydrogen-bond donors (Lipinski definition) is 2. The van der Waals surface area contributed by atoms with Crippen LogP contribution in [0.15, 0.2) is 60.7 Å². The van der Waals surface area contributed by atoms with Crippen LogP contribution in [0, 0.1) is 0 Å². The fraction of sp³-hybridized carbons (Fsp3) is 0.364. The van der Waals surface area contributed by atoms with Crippen LogP contribution >= 0.6 is 0 Å². The zero-order valence-electron chi connectivity index (χ0n) is 15.1. The molecule has 0 spiro atoms. The van der Waals surface area contributed by atoms with Gasteiger partial charge in [0.25, 0.3) is 0 Å². The third-order valence-corrected chi connectivity index (χ3v) is 4.57. The number of carbonyl (C=O) groups excluding carboxylic acids is 2. The van der Waals surface area contributed by atoms with Gasteiger partial charge in [-0.15, -0.1) is 0 Å². The van der Waals surface area contributed by atoms with Crippen molar-refractivity contribution in [1.82, 2.24) is 0 Å². The van der Waals surface area contributed by atoms with Crippen molar-refractivity contribution in [3.8, 4) is 0 Å². The Morgan fingerprint density at radius 1 is 0.615 bits per heavy atom. The highest BCUT2D eigenvalue weighted by Crippen LogP contribution is 2.12. The molecule has 4 heteroatoms. The Hall–Kier alpha value is -2.30. The van der Waals surface area contributed by atoms with Crippen molar-refractivity contribution in [2.45, 2.75) is 50.6 Å². The summed E-state index contributed by atoms with van der Waals surface area (Å²) < 4.78 is 0. The van der Waals surface area contributed by atoms with Crippen LogP contribution in [0.3, 0.4) is 0 Å². The molecule has 0 aliphatic carbocycles. The van der Waals surface area contributed by atoms with Gasteiger partial charge in [-0.25, -0.2) is 0 Å². The van der Waals surface area contributed by atoms with Gasteiger partial charge < -0.3 is 11.5 Å². The number of rotatable bonds is 11. The molecule has 4 N–H and O–H groups in total. The average Bonchev–Trinajstić information content (AvgIpc) is 2.70. The fourth-order valence-corrected chi connectivity index (χ4v) is 2.98. The summed E-state index contributed by atoms with van der Waals surface area (Å²) in [6.07, 6.45) is 5.15. The molecule has 2 rings (SSSR count). The molecule has 0 saturated heterocycles. The number of carbonyl (C=O) groups is 2. The molecule has 0 fully saturated rings. The highest BCUT2D eigenvalue weighted by atomic mass is 16.1. The van der Waals surface area contributed by atoms with Crippen LogP contribution in [0.1, 0.15) is 59.2 Å². The Kier molecular flexibility index (Phi) is 8.19. The molecule has 0 heterocycles. The quantitative estimate of drug-likeness (QED) is 0.476. The van der Waals surface area contributed by atoms with E-state index in [9.17, 15) is 9.59 Å². The Morgan fingerprint density at radius 2 is 0.962 bits per heavy atom. The van der Waals surface area contributed by atoms with E-state index in [4.69, 9.17) is 11.5 Å². The SMILES string of the molecule is N[C@H](CCCCCC[C@@H](N)C(=O)c1ccccc1)C(=O)c1ccccc1. The lowest BCUT2D eigenvalue weighted by Crippen LogP contribution is -2.30. The lowest BCUT2D eigenvalue weighted by molar-refractivity contribution is 0.0947. The second-order valence-electron chi connectivity index (χ2n) is 6.67. The molecule has 26 heavy (non-hydrogen) atoms. The number of unbranched alkanes of at least 4 members (excludes halogenated alkanes) is 3. The molecule has 2 atom stereocenters. The number of nitrogens with two attached hydrogens (primary N) is 2. The highest BCUT2D eigenvalue weighted by Gasteiger charge is 2.16. The van der Waals surface area contributed by atoms with E-state index in [0.717, 1.165) is 25.7 Å². The van der Waals surface area contributed by atoms with Crippen molar-refractivity contribution in [1.29, 1.82) is 0 Å². The summed E-state index contributed by atoms with van der Waals surface area (Å²) in [4.78, 5) is 24.4. The molecule has 138 valence electrons. The molecule has 2 aromatic rings. The number of benzene rings is 2. The van der Waals surface area contributed by atoms with Crippen molar-refractivity contribution in [2.24, 2.45) is 11.5 Å². The van der Waals surface area contributed by atoms with Gasteiger partial charge >= 0.3 is 0 Å². The Bertz CT molecular complexity index is 624. The van der Waals surface area contributed by atoms with Crippen molar-refractivity contribution in [3.63, 3.8) is 0 Å². The minimum absolute atomic E-state index is 0.00100. The Labute approximate surface area is 155 Å². The number of ketones is 2. The van der Waals surface area contributed by atoms with Crippen LogP contribution in [-0.2, 0) is 0 Å². The summed E-state index contributed by atoms with van der Waals surface area (Å²) in [6.45, 7) is 0. The van der Waals surface area contributed by atoms with Crippen LogP contribution in [0.5, 0.6) is 0 Å². The second-order valence-corrected chi connectivity index (χ2v) is 6.67. The summed E-state index contributed by atoms with van der Waals surface area (Å²) in [5.74, 6) is 0.00200. The van der Waals surface area contributed by atoms with E-state index in [1.807, 2.05) is 36.4 Å². The Morgan fingerprint density at radius 3 is 1.31 bits per heavy atom. The molecule has 0 aromatic heterocycles. The molecule has 0 radical (unpaired) electrons. The first-order chi connectivity index (χ1) is 12.6. The summed E-state index contributed by atoms with van der Waals surface area (Å²) in [7, 11) is 0. The van der Waals surface area contributed by atoms with Crippen molar-refractivity contribution < 1.29 is 9.59 Å². The summed E-state index contributed by atoms with van der Waals surface area (Å²) in [5.41, 5.74) is 13.3. The van der Waals surface area contributed by atoms with Crippen LogP contribution in [0.25, 0.3) is 0 Å². The predicted octanol–water partition coefficient (Wildman–Crippen LogP) is 3.75. The van der Waals surface area contributed by atoms with Crippen LogP contribution < -0.4 is 11.5 Å². The molecule has 2 aromatic carbocycles. The first-order valence-electron chi connectivity index (χ1n) is 9.29. The van der Waals surface area contributed by atoms with Gasteiger partial charge in [0.2, 0.25) is 0 Å². The summed E-state index contributed by atoms with van der Waals surface area (Å²) in [5, 5.41) is 0. The van der Waals surface area contributed by atoms with Gasteiger partial charge in [0.05, 0.1) is 12.1 Å². The molecule has 0 amide bonds. The van der Waals surface area contributed by atoms with E-state index in [0.29, 0.717) is 24.0 Å². The van der Waals surface area contributed by atoms with Gasteiger partial charge in [0, 0.05) is 11.1 Å². The van der Waals surface area contributed by atoms with E-state index in [-0.39, 0.29) is 11.6 Å². The lowest BCUT2D eigenvalue weighted by Gasteiger charge is -2.12. The molecular formula is C22H28N2O2. The molecule has 0 saturated carbocycles. The first-order valence-corrected chi connectivity index (χ1v) is 9.29. The van der Waals surface area contributed by atoms with Gasteiger partial charge in [-0.2, -0.15) is 0 Å². The molecular weight excluding hydrogens is 324 g/mol. The van der Waals surface area contributed by atoms with Gasteiger partial charge in [-0.05, 0) is 12.8 Å². The molecule has 0 aliphatic rings. The average molecular weight is 352 g/mol. The third kappa shape index (κ3) is 6.21. The third-order valence-electron chi connectivity index (χ3n) is 4.57. The normalized spacial score (nSPS) is 13.2. The van der Waals surface area contributed by atoms with Crippen LogP contribution in [0.4, 0.5) is 0 Å². The first kappa shape index (κ1) is 20.0. The van der Waals surface area contributed by atoms with Gasteiger partial charge in [-0.1, -0.05) is 86.3 Å². The minimum atomic E-state index is -0.445. The van der Waals surface area contributed by atoms with E-state index >= 15 is 0 Å². The van der Waals surface area contributed by atoms with Gasteiger partial charge in [-0.3, -0.25) is 9.59 Å². The largest absolute Gasteiger partial charge is 0.321 e. The maximum Gasteiger partial charge on any atom is 0.179 e. The summed E-state index contributed by atoms with van der Waals surface area (Å²) >= 11 is 0. The smallest absolute Gasteiger partial charge is 0.179 e. The maximum absolute atomic E-state index is 12.2. The van der Waals surface area contributed by atoms with E-state index < -0.39 is 12.1 Å². The number of Topliss-reactive ketones (excluding diaryl/α,β-unsaturated/α-hetero) is 2. The van der Waals surface area contributed by atoms with Gasteiger partial charge in [0.15, 0.2) is 11.6 Å². The fourth-order valence-electron chi connectivity index (χ4n) is 2.98. The number of hydrogen-bond acceptors (Lipinski definition) is 4. The highest BCUT2D eigenvalue weighted by molar-refractivity contribution is 6.00. The van der Waals surface area contributed by atoms with E-state index in [1.54, 1.807) is 24.3 Å². The van der Waals surface area contributed by atoms with Crippen LogP contribution in [-0.4, -0.2) is 23.7 Å². The van der Waals surface area contributed by atoms with Crippen LogP contribution in [0.2, 0.25) is 0 Å². The minimum Gasteiger partial charge on any atom is -0.321 e. The molecule has 0 unspecified atom stereocenters. The van der Waals surface area contributed by atoms with Crippen molar-refractivity contribution >= 4 is 11.6 Å². The second kappa shape index (κ2) is 10.6. The van der Waals surface area contributed by atoms with Crippen molar-refractivity contribution in [3.05, 3.63) is 71.8 Å². The van der Waals surface area contributed by atoms with Crippen molar-refractivity contribution in [2.75, 3.05) is 0 Å². The molecule has 0 bridgehead atoms. The molecule has 4 nitrogen and oxygen atoms in total. The summed E-state index contributed by atoms with van der Waals surface area (Å²) in [6, 6.07) is 17.5. The van der Waals surface area contributed by atoms with Gasteiger partial charge in [0.1, 0.15) is 0 Å². The Balaban J connectivity index is 1.60. The molecule has 0 aliphatic heterocycles. The van der Waals surface area contributed by atoms with E-state index in [1.165, 1.54) is 0 Å². The standard InChI is InChI=1S/C22H28N2O2/c23-19(21(25)17-11-5-3-6-12-17)15-9-1-2-10-16-20(24)22(26)18-13-7-4-8-14-18/h3-8,11-14,19-20H,1-2,9-10,15-16,23-24H2/t19-,20-/m1/s1. The zero-order valence-corrected chi connectivity index (χ0v) is 15.1. The monoisotopic (exact) mass is 352 g/mol. The lowest BCUT2D eigenvalue weighted by atomic mass is 9.97. The van der Waals surface area contributed by atoms with E-state index in [2.05, 4.69) is 0 Å².